The van der Waals surface area contributed by atoms with Crippen LogP contribution in [0.3, 0.4) is 0 Å². The van der Waals surface area contributed by atoms with E-state index in [4.69, 9.17) is 16.3 Å². The number of alkyl halides is 1. The predicted molar refractivity (Wildman–Crippen MR) is 65.6 cm³/mol. The lowest BCUT2D eigenvalue weighted by Gasteiger charge is -2.14. The van der Waals surface area contributed by atoms with Gasteiger partial charge in [0.25, 0.3) is 0 Å². The first-order chi connectivity index (χ1) is 7.30. The molecule has 0 aliphatic carbocycles. The molecule has 2 heteroatoms. The van der Waals surface area contributed by atoms with Crippen molar-refractivity contribution in [3.8, 4) is 5.75 Å². The molecule has 0 bridgehead atoms. The van der Waals surface area contributed by atoms with Crippen molar-refractivity contribution in [3.05, 3.63) is 29.8 Å². The molecule has 0 aliphatic rings. The molecule has 0 fully saturated rings. The zero-order valence-electron chi connectivity index (χ0n) is 9.50. The van der Waals surface area contributed by atoms with Crippen LogP contribution in [0.1, 0.15) is 32.3 Å². The molecule has 0 N–H and O–H groups in total. The topological polar surface area (TPSA) is 9.23 Å². The quantitative estimate of drug-likeness (QED) is 0.660. The van der Waals surface area contributed by atoms with E-state index in [0.717, 1.165) is 17.9 Å². The molecule has 0 saturated carbocycles. The van der Waals surface area contributed by atoms with Crippen molar-refractivity contribution < 1.29 is 4.74 Å². The van der Waals surface area contributed by atoms with Crippen LogP contribution in [0, 0.1) is 5.92 Å². The van der Waals surface area contributed by atoms with E-state index in [1.165, 1.54) is 12.8 Å². The van der Waals surface area contributed by atoms with Crippen molar-refractivity contribution in [1.29, 1.82) is 0 Å². The van der Waals surface area contributed by atoms with E-state index in [1.807, 2.05) is 24.3 Å². The van der Waals surface area contributed by atoms with E-state index in [1.54, 1.807) is 0 Å². The number of halogens is 1. The zero-order valence-corrected chi connectivity index (χ0v) is 10.3. The van der Waals surface area contributed by atoms with Gasteiger partial charge in [-0.1, -0.05) is 38.8 Å². The summed E-state index contributed by atoms with van der Waals surface area (Å²) in [6.45, 7) is 5.21. The van der Waals surface area contributed by atoms with Crippen molar-refractivity contribution in [2.45, 2.75) is 32.6 Å². The van der Waals surface area contributed by atoms with Gasteiger partial charge in [0.1, 0.15) is 5.75 Å². The zero-order chi connectivity index (χ0) is 11.1. The van der Waals surface area contributed by atoms with Gasteiger partial charge < -0.3 is 4.74 Å². The maximum absolute atomic E-state index is 5.76. The van der Waals surface area contributed by atoms with Crippen LogP contribution >= 0.6 is 11.6 Å². The van der Waals surface area contributed by atoms with E-state index in [9.17, 15) is 0 Å². The van der Waals surface area contributed by atoms with E-state index in [2.05, 4.69) is 13.8 Å². The van der Waals surface area contributed by atoms with Crippen LogP contribution < -0.4 is 4.74 Å². The molecule has 1 aromatic carbocycles. The van der Waals surface area contributed by atoms with Gasteiger partial charge in [0.15, 0.2) is 0 Å². The molecule has 0 spiro atoms. The average Bonchev–Trinajstić information content (AvgIpc) is 2.31. The number of ether oxygens (including phenoxy) is 1. The van der Waals surface area contributed by atoms with E-state index < -0.39 is 0 Å². The minimum Gasteiger partial charge on any atom is -0.493 e. The predicted octanol–water partition coefficient (Wildman–Crippen LogP) is 4.24. The second-order valence-electron chi connectivity index (χ2n) is 3.77. The molecule has 84 valence electrons. The summed E-state index contributed by atoms with van der Waals surface area (Å²) < 4.78 is 5.73. The highest BCUT2D eigenvalue weighted by Gasteiger charge is 2.04. The highest BCUT2D eigenvalue weighted by Crippen LogP contribution is 2.17. The van der Waals surface area contributed by atoms with Crippen LogP contribution in [0.25, 0.3) is 0 Å². The van der Waals surface area contributed by atoms with Gasteiger partial charge in [-0.2, -0.15) is 0 Å². The van der Waals surface area contributed by atoms with Crippen molar-refractivity contribution >= 4 is 11.6 Å². The minimum atomic E-state index is 0.544. The third-order valence-electron chi connectivity index (χ3n) is 2.69. The molecule has 0 heterocycles. The molecule has 0 aromatic heterocycles. The van der Waals surface area contributed by atoms with Crippen LogP contribution in [0.5, 0.6) is 5.75 Å². The summed E-state index contributed by atoms with van der Waals surface area (Å²) in [7, 11) is 0. The third kappa shape index (κ3) is 4.13. The molecule has 0 atom stereocenters. The largest absolute Gasteiger partial charge is 0.493 e. The molecule has 1 aromatic rings. The summed E-state index contributed by atoms with van der Waals surface area (Å²) >= 11 is 5.76. The Labute approximate surface area is 97.4 Å². The molecule has 0 amide bonds. The summed E-state index contributed by atoms with van der Waals surface area (Å²) in [5, 5.41) is 0. The Hall–Kier alpha value is -0.690. The van der Waals surface area contributed by atoms with Gasteiger partial charge in [-0.3, -0.25) is 0 Å². The van der Waals surface area contributed by atoms with Gasteiger partial charge in [-0.15, -0.1) is 11.6 Å². The lowest BCUT2D eigenvalue weighted by Crippen LogP contribution is -2.10. The van der Waals surface area contributed by atoms with Crippen LogP contribution in [-0.2, 0) is 5.88 Å². The first kappa shape index (κ1) is 12.4. The smallest absolute Gasteiger partial charge is 0.119 e. The molecule has 0 saturated heterocycles. The van der Waals surface area contributed by atoms with Crippen LogP contribution in [-0.4, -0.2) is 6.61 Å². The Morgan fingerprint density at radius 2 is 2.00 bits per heavy atom. The summed E-state index contributed by atoms with van der Waals surface area (Å²) in [6, 6.07) is 7.99. The molecular formula is C13H19ClO. The summed E-state index contributed by atoms with van der Waals surface area (Å²) in [6.07, 6.45) is 2.34. The Kier molecular flexibility index (Phi) is 5.56. The third-order valence-corrected chi connectivity index (χ3v) is 3.00. The van der Waals surface area contributed by atoms with Crippen LogP contribution in [0.4, 0.5) is 0 Å². The van der Waals surface area contributed by atoms with Crippen molar-refractivity contribution in [1.82, 2.24) is 0 Å². The molecule has 15 heavy (non-hydrogen) atoms. The lowest BCUT2D eigenvalue weighted by molar-refractivity contribution is 0.240. The van der Waals surface area contributed by atoms with Gasteiger partial charge in [-0.25, -0.2) is 0 Å². The summed E-state index contributed by atoms with van der Waals surface area (Å²) in [5.74, 6) is 2.13. The van der Waals surface area contributed by atoms with Crippen molar-refractivity contribution in [3.63, 3.8) is 0 Å². The second kappa shape index (κ2) is 6.73. The fourth-order valence-electron chi connectivity index (χ4n) is 1.46. The number of benzene rings is 1. The molecule has 0 radical (unpaired) electrons. The fourth-order valence-corrected chi connectivity index (χ4v) is 1.62. The monoisotopic (exact) mass is 226 g/mol. The number of hydrogen-bond acceptors (Lipinski definition) is 1. The number of rotatable bonds is 6. The number of hydrogen-bond donors (Lipinski definition) is 0. The summed E-state index contributed by atoms with van der Waals surface area (Å²) in [4.78, 5) is 0. The Morgan fingerprint density at radius 3 is 2.60 bits per heavy atom. The standard InChI is InChI=1S/C13H19ClO/c1-3-11(4-2)10-15-13-7-5-6-12(8-13)9-14/h5-8,11H,3-4,9-10H2,1-2H3. The molecular weight excluding hydrogens is 208 g/mol. The van der Waals surface area contributed by atoms with Crippen molar-refractivity contribution in [2.75, 3.05) is 6.61 Å². The van der Waals surface area contributed by atoms with Gasteiger partial charge in [0, 0.05) is 5.88 Å². The molecule has 0 unspecified atom stereocenters. The lowest BCUT2D eigenvalue weighted by atomic mass is 10.1. The van der Waals surface area contributed by atoms with E-state index in [0.29, 0.717) is 11.8 Å². The van der Waals surface area contributed by atoms with Crippen LogP contribution in [0.2, 0.25) is 0 Å². The first-order valence-corrected chi connectivity index (χ1v) is 6.11. The molecule has 0 aliphatic heterocycles. The van der Waals surface area contributed by atoms with Crippen molar-refractivity contribution in [2.24, 2.45) is 5.92 Å². The Balaban J connectivity index is 2.49. The van der Waals surface area contributed by atoms with Gasteiger partial charge in [0.05, 0.1) is 6.61 Å². The maximum atomic E-state index is 5.76. The molecule has 1 rings (SSSR count). The first-order valence-electron chi connectivity index (χ1n) is 5.57. The Morgan fingerprint density at radius 1 is 1.27 bits per heavy atom. The maximum Gasteiger partial charge on any atom is 0.119 e. The highest BCUT2D eigenvalue weighted by atomic mass is 35.5. The highest BCUT2D eigenvalue weighted by molar-refractivity contribution is 6.17. The normalized spacial score (nSPS) is 10.7. The average molecular weight is 227 g/mol. The van der Waals surface area contributed by atoms with Crippen LogP contribution in [0.15, 0.2) is 24.3 Å². The van der Waals surface area contributed by atoms with Gasteiger partial charge in [-0.05, 0) is 23.6 Å². The summed E-state index contributed by atoms with van der Waals surface area (Å²) in [5.41, 5.74) is 1.11. The fraction of sp³-hybridized carbons (Fsp3) is 0.538. The van der Waals surface area contributed by atoms with Gasteiger partial charge >= 0.3 is 0 Å². The minimum absolute atomic E-state index is 0.544. The van der Waals surface area contributed by atoms with E-state index in [-0.39, 0.29) is 0 Å². The SMILES string of the molecule is CCC(CC)COc1cccc(CCl)c1. The Bertz CT molecular complexity index is 282. The van der Waals surface area contributed by atoms with Gasteiger partial charge in [0.2, 0.25) is 0 Å². The molecule has 1 nitrogen and oxygen atoms in total. The second-order valence-corrected chi connectivity index (χ2v) is 4.04. The van der Waals surface area contributed by atoms with E-state index >= 15 is 0 Å².